The molecule has 1 aromatic carbocycles. The van der Waals surface area contributed by atoms with Gasteiger partial charge in [-0.25, -0.2) is 0 Å². The smallest absolute Gasteiger partial charge is 0.254 e. The van der Waals surface area contributed by atoms with Gasteiger partial charge in [0.15, 0.2) is 11.5 Å². The van der Waals surface area contributed by atoms with Crippen LogP contribution >= 0.6 is 27.3 Å². The molecule has 2 aromatic rings. The summed E-state index contributed by atoms with van der Waals surface area (Å²) in [5, 5.41) is 2.11. The van der Waals surface area contributed by atoms with E-state index in [1.807, 2.05) is 11.0 Å². The van der Waals surface area contributed by atoms with Crippen LogP contribution in [-0.4, -0.2) is 55.6 Å². The first-order chi connectivity index (χ1) is 13.1. The summed E-state index contributed by atoms with van der Waals surface area (Å²) in [7, 11) is 1.60. The molecule has 0 radical (unpaired) electrons. The van der Waals surface area contributed by atoms with Gasteiger partial charge in [0.25, 0.3) is 5.91 Å². The molecule has 0 unspecified atom stereocenters. The van der Waals surface area contributed by atoms with Crippen LogP contribution in [0.15, 0.2) is 34.1 Å². The maximum atomic E-state index is 13.0. The number of hydrogen-bond donors (Lipinski definition) is 0. The molecule has 1 aliphatic rings. The molecule has 0 atom stereocenters. The van der Waals surface area contributed by atoms with E-state index in [-0.39, 0.29) is 5.91 Å². The van der Waals surface area contributed by atoms with Crippen LogP contribution in [-0.2, 0) is 6.54 Å². The number of thiophene rings is 1. The number of carbonyl (C=O) groups excluding carboxylic acids is 1. The molecular weight excluding hydrogens is 428 g/mol. The Balaban J connectivity index is 1.64. The molecule has 0 bridgehead atoms. The molecule has 27 heavy (non-hydrogen) atoms. The van der Waals surface area contributed by atoms with Gasteiger partial charge in [0, 0.05) is 43.2 Å². The summed E-state index contributed by atoms with van der Waals surface area (Å²) in [5.41, 5.74) is 0.620. The minimum Gasteiger partial charge on any atom is -0.493 e. The fourth-order valence-electron chi connectivity index (χ4n) is 3.10. The lowest BCUT2D eigenvalue weighted by atomic mass is 10.1. The van der Waals surface area contributed by atoms with E-state index in [1.54, 1.807) is 24.5 Å². The van der Waals surface area contributed by atoms with Crippen LogP contribution in [0.3, 0.4) is 0 Å². The third-order valence-electron chi connectivity index (χ3n) is 4.55. The summed E-state index contributed by atoms with van der Waals surface area (Å²) in [4.78, 5) is 18.6. The molecule has 0 saturated carbocycles. The number of nitrogens with zero attached hydrogens (tertiary/aromatic N) is 2. The van der Waals surface area contributed by atoms with Gasteiger partial charge in [-0.1, -0.05) is 13.0 Å². The third-order valence-corrected chi connectivity index (χ3v) is 6.00. The molecule has 5 nitrogen and oxygen atoms in total. The fraction of sp³-hybridized carbons (Fsp3) is 0.450. The Hall–Kier alpha value is -1.57. The minimum atomic E-state index is 0.0341. The van der Waals surface area contributed by atoms with Crippen LogP contribution in [0.2, 0.25) is 0 Å². The number of carbonyl (C=O) groups is 1. The zero-order chi connectivity index (χ0) is 19.2. The lowest BCUT2D eigenvalue weighted by Gasteiger charge is -2.34. The molecule has 2 heterocycles. The standard InChI is InChI=1S/C20H25BrN2O3S/c1-3-10-26-19-17(21)12-15(13-18(19)25-2)20(24)23-8-6-22(7-9-23)14-16-5-4-11-27-16/h4-5,11-13H,3,6-10,14H2,1-2H3. The summed E-state index contributed by atoms with van der Waals surface area (Å²) in [6.07, 6.45) is 0.909. The van der Waals surface area contributed by atoms with Crippen LogP contribution in [0, 0.1) is 0 Å². The zero-order valence-corrected chi connectivity index (χ0v) is 18.1. The number of hydrogen-bond acceptors (Lipinski definition) is 5. The van der Waals surface area contributed by atoms with Gasteiger partial charge in [-0.05, 0) is 45.9 Å². The van der Waals surface area contributed by atoms with E-state index in [0.29, 0.717) is 23.7 Å². The number of rotatable bonds is 7. The highest BCUT2D eigenvalue weighted by atomic mass is 79.9. The second kappa shape index (κ2) is 9.57. The molecule has 146 valence electrons. The van der Waals surface area contributed by atoms with Gasteiger partial charge in [-0.3, -0.25) is 9.69 Å². The highest BCUT2D eigenvalue weighted by Gasteiger charge is 2.24. The van der Waals surface area contributed by atoms with Crippen molar-refractivity contribution in [2.75, 3.05) is 39.9 Å². The van der Waals surface area contributed by atoms with Crippen molar-refractivity contribution in [2.24, 2.45) is 0 Å². The average molecular weight is 453 g/mol. The number of methoxy groups -OCH3 is 1. The molecule has 7 heteroatoms. The largest absolute Gasteiger partial charge is 0.493 e. The van der Waals surface area contributed by atoms with Gasteiger partial charge in [-0.2, -0.15) is 0 Å². The molecule has 0 aliphatic carbocycles. The van der Waals surface area contributed by atoms with Crippen LogP contribution in [0.1, 0.15) is 28.6 Å². The molecule has 3 rings (SSSR count). The van der Waals surface area contributed by atoms with Gasteiger partial charge in [0.05, 0.1) is 18.2 Å². The normalized spacial score (nSPS) is 15.0. The average Bonchev–Trinajstić information content (AvgIpc) is 3.19. The summed E-state index contributed by atoms with van der Waals surface area (Å²) in [6.45, 7) is 6.86. The molecule has 0 N–H and O–H groups in total. The predicted octanol–water partition coefficient (Wildman–Crippen LogP) is 4.27. The number of amides is 1. The van der Waals surface area contributed by atoms with Crippen LogP contribution < -0.4 is 9.47 Å². The second-order valence-electron chi connectivity index (χ2n) is 6.49. The quantitative estimate of drug-likeness (QED) is 0.628. The van der Waals surface area contributed by atoms with Crippen molar-refractivity contribution in [3.05, 3.63) is 44.6 Å². The van der Waals surface area contributed by atoms with Crippen LogP contribution in [0.25, 0.3) is 0 Å². The molecule has 1 aromatic heterocycles. The summed E-state index contributed by atoms with van der Waals surface area (Å²) < 4.78 is 11.9. The SMILES string of the molecule is CCCOc1c(Br)cc(C(=O)N2CCN(Cc3cccs3)CC2)cc1OC. The van der Waals surface area contributed by atoms with Gasteiger partial charge >= 0.3 is 0 Å². The summed E-state index contributed by atoms with van der Waals surface area (Å²) >= 11 is 5.30. The van der Waals surface area contributed by atoms with Crippen LogP contribution in [0.4, 0.5) is 0 Å². The minimum absolute atomic E-state index is 0.0341. The van der Waals surface area contributed by atoms with E-state index in [1.165, 1.54) is 4.88 Å². The highest BCUT2D eigenvalue weighted by molar-refractivity contribution is 9.10. The van der Waals surface area contributed by atoms with Gasteiger partial charge in [-0.15, -0.1) is 11.3 Å². The molecule has 1 aliphatic heterocycles. The Morgan fingerprint density at radius 3 is 2.67 bits per heavy atom. The Labute approximate surface area is 173 Å². The van der Waals surface area contributed by atoms with Gasteiger partial charge in [0.2, 0.25) is 0 Å². The molecule has 1 amide bonds. The first-order valence-corrected chi connectivity index (χ1v) is 10.8. The summed E-state index contributed by atoms with van der Waals surface area (Å²) in [5.74, 6) is 1.26. The Morgan fingerprint density at radius 2 is 2.04 bits per heavy atom. The van der Waals surface area contributed by atoms with Crippen molar-refractivity contribution in [3.63, 3.8) is 0 Å². The zero-order valence-electron chi connectivity index (χ0n) is 15.7. The van der Waals surface area contributed by atoms with E-state index in [9.17, 15) is 4.79 Å². The molecule has 1 saturated heterocycles. The summed E-state index contributed by atoms with van der Waals surface area (Å²) in [6, 6.07) is 7.84. The van der Waals surface area contributed by atoms with Crippen LogP contribution in [0.5, 0.6) is 11.5 Å². The van der Waals surface area contributed by atoms with Gasteiger partial charge in [0.1, 0.15) is 0 Å². The molecular formula is C20H25BrN2O3S. The first kappa shape index (κ1) is 20.2. The van der Waals surface area contributed by atoms with E-state index >= 15 is 0 Å². The lowest BCUT2D eigenvalue weighted by Crippen LogP contribution is -2.48. The maximum absolute atomic E-state index is 13.0. The first-order valence-electron chi connectivity index (χ1n) is 9.16. The van der Waals surface area contributed by atoms with E-state index in [4.69, 9.17) is 9.47 Å². The number of piperazine rings is 1. The number of ether oxygens (including phenoxy) is 2. The number of benzene rings is 1. The Bertz CT molecular complexity index is 759. The van der Waals surface area contributed by atoms with Gasteiger partial charge < -0.3 is 14.4 Å². The maximum Gasteiger partial charge on any atom is 0.254 e. The Kier molecular flexibility index (Phi) is 7.15. The van der Waals surface area contributed by atoms with Crippen molar-refractivity contribution in [2.45, 2.75) is 19.9 Å². The van der Waals surface area contributed by atoms with Crippen molar-refractivity contribution < 1.29 is 14.3 Å². The third kappa shape index (κ3) is 5.03. The lowest BCUT2D eigenvalue weighted by molar-refractivity contribution is 0.0629. The second-order valence-corrected chi connectivity index (χ2v) is 8.37. The van der Waals surface area contributed by atoms with Crippen molar-refractivity contribution in [1.82, 2.24) is 9.80 Å². The number of halogens is 1. The monoisotopic (exact) mass is 452 g/mol. The topological polar surface area (TPSA) is 42.0 Å². The molecule has 1 fully saturated rings. The van der Waals surface area contributed by atoms with E-state index in [0.717, 1.165) is 43.6 Å². The molecule has 0 spiro atoms. The van der Waals surface area contributed by atoms with E-state index in [2.05, 4.69) is 45.3 Å². The fourth-order valence-corrected chi connectivity index (χ4v) is 4.40. The van der Waals surface area contributed by atoms with E-state index < -0.39 is 0 Å². The highest BCUT2D eigenvalue weighted by Crippen LogP contribution is 2.37. The van der Waals surface area contributed by atoms with Crippen molar-refractivity contribution in [3.8, 4) is 11.5 Å². The predicted molar refractivity (Wildman–Crippen MR) is 112 cm³/mol. The van der Waals surface area contributed by atoms with Crippen molar-refractivity contribution >= 4 is 33.2 Å². The van der Waals surface area contributed by atoms with Crippen molar-refractivity contribution in [1.29, 1.82) is 0 Å². The Morgan fingerprint density at radius 1 is 1.26 bits per heavy atom.